The highest BCUT2D eigenvalue weighted by molar-refractivity contribution is 6.33. The van der Waals surface area contributed by atoms with Crippen molar-refractivity contribution >= 4 is 17.6 Å². The van der Waals surface area contributed by atoms with Crippen molar-refractivity contribution in [1.82, 2.24) is 9.78 Å². The Morgan fingerprint density at radius 1 is 1.71 bits per heavy atom. The lowest BCUT2D eigenvalue weighted by Crippen LogP contribution is -2.22. The lowest BCUT2D eigenvalue weighted by molar-refractivity contribution is 0.0517. The number of ether oxygens (including phenoxy) is 1. The first-order chi connectivity index (χ1) is 6.56. The Morgan fingerprint density at radius 3 is 2.93 bits per heavy atom. The fourth-order valence-corrected chi connectivity index (χ4v) is 1.06. The molecule has 0 atom stereocenters. The third kappa shape index (κ3) is 2.11. The largest absolute Gasteiger partial charge is 0.461 e. The third-order valence-corrected chi connectivity index (χ3v) is 1.80. The van der Waals surface area contributed by atoms with Gasteiger partial charge in [-0.15, -0.1) is 0 Å². The second-order valence-corrected chi connectivity index (χ2v) is 2.93. The summed E-state index contributed by atoms with van der Waals surface area (Å²) in [6.45, 7) is 1.91. The highest BCUT2D eigenvalue weighted by atomic mass is 35.5. The van der Waals surface area contributed by atoms with E-state index in [1.807, 2.05) is 0 Å². The zero-order valence-corrected chi connectivity index (χ0v) is 8.54. The number of aromatic nitrogens is 2. The van der Waals surface area contributed by atoms with Gasteiger partial charge in [-0.1, -0.05) is 11.6 Å². The summed E-state index contributed by atoms with van der Waals surface area (Å²) in [5, 5.41) is 3.69. The van der Waals surface area contributed by atoms with Crippen molar-refractivity contribution in [3.63, 3.8) is 0 Å². The molecule has 14 heavy (non-hydrogen) atoms. The molecule has 1 aromatic rings. The summed E-state index contributed by atoms with van der Waals surface area (Å²) in [6.07, 6.45) is 0. The monoisotopic (exact) mass is 216 g/mol. The molecule has 0 saturated heterocycles. The van der Waals surface area contributed by atoms with Gasteiger partial charge in [-0.25, -0.2) is 9.48 Å². The van der Waals surface area contributed by atoms with Gasteiger partial charge in [0.2, 0.25) is 0 Å². The lowest BCUT2D eigenvalue weighted by atomic mass is 10.4. The SMILES string of the molecule is CCOC(=O)c1nn(C)c(=O)cc1Cl. The standard InChI is InChI=1S/C8H9ClN2O3/c1-3-14-8(13)7-5(9)4-6(12)11(2)10-7/h4H,3H2,1-2H3. The smallest absolute Gasteiger partial charge is 0.360 e. The Balaban J connectivity index is 3.16. The van der Waals surface area contributed by atoms with E-state index < -0.39 is 5.97 Å². The molecule has 0 radical (unpaired) electrons. The summed E-state index contributed by atoms with van der Waals surface area (Å²) in [6, 6.07) is 1.13. The average molecular weight is 217 g/mol. The Morgan fingerprint density at radius 2 is 2.36 bits per heavy atom. The Bertz CT molecular complexity index is 414. The zero-order valence-electron chi connectivity index (χ0n) is 7.78. The predicted octanol–water partition coefficient (Wildman–Crippen LogP) is 0.610. The second-order valence-electron chi connectivity index (χ2n) is 2.52. The number of hydrogen-bond donors (Lipinski definition) is 0. The molecule has 0 aliphatic heterocycles. The summed E-state index contributed by atoms with van der Waals surface area (Å²) in [4.78, 5) is 22.3. The van der Waals surface area contributed by atoms with Crippen LogP contribution in [0.2, 0.25) is 5.02 Å². The Labute approximate surface area is 85.2 Å². The summed E-state index contributed by atoms with van der Waals surface area (Å²) < 4.78 is 5.73. The predicted molar refractivity (Wildman–Crippen MR) is 50.4 cm³/mol. The van der Waals surface area contributed by atoms with Crippen LogP contribution in [0.5, 0.6) is 0 Å². The first kappa shape index (κ1) is 10.7. The molecule has 0 aliphatic carbocycles. The Hall–Kier alpha value is -1.36. The van der Waals surface area contributed by atoms with Gasteiger partial charge in [0.15, 0.2) is 5.69 Å². The molecule has 0 saturated carbocycles. The first-order valence-electron chi connectivity index (χ1n) is 3.97. The van der Waals surface area contributed by atoms with Crippen LogP contribution in [0.25, 0.3) is 0 Å². The maximum atomic E-state index is 11.2. The minimum atomic E-state index is -0.631. The van der Waals surface area contributed by atoms with Crippen molar-refractivity contribution in [2.24, 2.45) is 7.05 Å². The van der Waals surface area contributed by atoms with Crippen LogP contribution in [0.4, 0.5) is 0 Å². The Kier molecular flexibility index (Phi) is 3.24. The number of halogens is 1. The van der Waals surface area contributed by atoms with Crippen LogP contribution >= 0.6 is 11.6 Å². The van der Waals surface area contributed by atoms with E-state index in [0.717, 1.165) is 10.7 Å². The van der Waals surface area contributed by atoms with Gasteiger partial charge in [0.05, 0.1) is 11.6 Å². The summed E-state index contributed by atoms with van der Waals surface area (Å²) in [5.74, 6) is -0.631. The van der Waals surface area contributed by atoms with E-state index >= 15 is 0 Å². The van der Waals surface area contributed by atoms with Crippen molar-refractivity contribution in [1.29, 1.82) is 0 Å². The molecule has 0 aliphatic rings. The molecule has 1 rings (SSSR count). The molecular weight excluding hydrogens is 208 g/mol. The molecular formula is C8H9ClN2O3. The normalized spacial score (nSPS) is 9.93. The van der Waals surface area contributed by atoms with Gasteiger partial charge >= 0.3 is 5.97 Å². The highest BCUT2D eigenvalue weighted by Crippen LogP contribution is 2.10. The number of rotatable bonds is 2. The van der Waals surface area contributed by atoms with Crippen LogP contribution < -0.4 is 5.56 Å². The van der Waals surface area contributed by atoms with Crippen molar-refractivity contribution in [2.75, 3.05) is 6.61 Å². The molecule has 0 unspecified atom stereocenters. The molecule has 6 heteroatoms. The van der Waals surface area contributed by atoms with E-state index in [-0.39, 0.29) is 22.9 Å². The highest BCUT2D eigenvalue weighted by Gasteiger charge is 2.14. The molecule has 0 N–H and O–H groups in total. The van der Waals surface area contributed by atoms with Crippen LogP contribution in [0, 0.1) is 0 Å². The number of nitrogens with zero attached hydrogens (tertiary/aromatic N) is 2. The van der Waals surface area contributed by atoms with Crippen molar-refractivity contribution in [3.8, 4) is 0 Å². The molecule has 0 bridgehead atoms. The van der Waals surface area contributed by atoms with Gasteiger partial charge in [0.1, 0.15) is 0 Å². The molecule has 1 heterocycles. The zero-order chi connectivity index (χ0) is 10.7. The summed E-state index contributed by atoms with van der Waals surface area (Å²) in [7, 11) is 1.43. The van der Waals surface area contributed by atoms with E-state index in [1.165, 1.54) is 7.05 Å². The van der Waals surface area contributed by atoms with E-state index in [0.29, 0.717) is 0 Å². The molecule has 0 fully saturated rings. The molecule has 0 spiro atoms. The van der Waals surface area contributed by atoms with Crippen molar-refractivity contribution in [2.45, 2.75) is 6.92 Å². The van der Waals surface area contributed by atoms with Crippen LogP contribution in [-0.4, -0.2) is 22.4 Å². The fraction of sp³-hybridized carbons (Fsp3) is 0.375. The third-order valence-electron chi connectivity index (χ3n) is 1.51. The number of esters is 1. The molecule has 0 aromatic carbocycles. The summed E-state index contributed by atoms with van der Waals surface area (Å²) in [5.41, 5.74) is -0.418. The number of aryl methyl sites for hydroxylation is 1. The van der Waals surface area contributed by atoms with Crippen molar-refractivity contribution in [3.05, 3.63) is 27.1 Å². The lowest BCUT2D eigenvalue weighted by Gasteiger charge is -2.03. The minimum absolute atomic E-state index is 0.00606. The summed E-state index contributed by atoms with van der Waals surface area (Å²) >= 11 is 5.66. The number of hydrogen-bond acceptors (Lipinski definition) is 4. The van der Waals surface area contributed by atoms with Gasteiger partial charge in [-0.05, 0) is 6.92 Å². The van der Waals surface area contributed by atoms with Gasteiger partial charge in [0.25, 0.3) is 5.56 Å². The van der Waals surface area contributed by atoms with Crippen LogP contribution in [0.1, 0.15) is 17.4 Å². The van der Waals surface area contributed by atoms with Crippen LogP contribution in [0.3, 0.4) is 0 Å². The first-order valence-corrected chi connectivity index (χ1v) is 4.35. The van der Waals surface area contributed by atoms with E-state index in [9.17, 15) is 9.59 Å². The maximum Gasteiger partial charge on any atom is 0.360 e. The van der Waals surface area contributed by atoms with Crippen LogP contribution in [-0.2, 0) is 11.8 Å². The minimum Gasteiger partial charge on any atom is -0.461 e. The van der Waals surface area contributed by atoms with Crippen LogP contribution in [0.15, 0.2) is 10.9 Å². The van der Waals surface area contributed by atoms with Crippen molar-refractivity contribution < 1.29 is 9.53 Å². The molecule has 5 nitrogen and oxygen atoms in total. The van der Waals surface area contributed by atoms with E-state index in [2.05, 4.69) is 5.10 Å². The fourth-order valence-electron chi connectivity index (χ4n) is 0.855. The average Bonchev–Trinajstić information content (AvgIpc) is 2.11. The molecule has 0 amide bonds. The maximum absolute atomic E-state index is 11.2. The molecule has 1 aromatic heterocycles. The van der Waals surface area contributed by atoms with E-state index in [4.69, 9.17) is 16.3 Å². The van der Waals surface area contributed by atoms with Gasteiger partial charge in [-0.3, -0.25) is 4.79 Å². The van der Waals surface area contributed by atoms with Gasteiger partial charge in [-0.2, -0.15) is 5.10 Å². The quantitative estimate of drug-likeness (QED) is 0.680. The second kappa shape index (κ2) is 4.23. The number of carbonyl (C=O) groups excluding carboxylic acids is 1. The van der Waals surface area contributed by atoms with Gasteiger partial charge < -0.3 is 4.74 Å². The molecule has 76 valence electrons. The topological polar surface area (TPSA) is 61.2 Å². The number of carbonyl (C=O) groups is 1. The van der Waals surface area contributed by atoms with E-state index in [1.54, 1.807) is 6.92 Å². The van der Waals surface area contributed by atoms with Gasteiger partial charge in [0, 0.05) is 13.1 Å².